The minimum atomic E-state index is -0.828. The number of para-hydroxylation sites is 1. The van der Waals surface area contributed by atoms with Gasteiger partial charge in [0.05, 0.1) is 32.0 Å². The van der Waals surface area contributed by atoms with Gasteiger partial charge in [0.15, 0.2) is 11.5 Å². The number of rotatable bonds is 8. The van der Waals surface area contributed by atoms with Gasteiger partial charge in [-0.15, -0.1) is 0 Å². The molecule has 0 unspecified atom stereocenters. The van der Waals surface area contributed by atoms with Gasteiger partial charge in [-0.2, -0.15) is 4.98 Å². The van der Waals surface area contributed by atoms with Crippen LogP contribution in [0.15, 0.2) is 47.0 Å². The van der Waals surface area contributed by atoms with E-state index in [1.54, 1.807) is 49.6 Å². The van der Waals surface area contributed by atoms with Crippen molar-refractivity contribution in [3.05, 3.63) is 53.9 Å². The van der Waals surface area contributed by atoms with E-state index in [2.05, 4.69) is 26.1 Å². The number of carbonyl (C=O) groups excluding carboxylic acids is 3. The molecule has 2 heterocycles. The second-order valence-corrected chi connectivity index (χ2v) is 7.46. The molecule has 0 spiro atoms. The Bertz CT molecular complexity index is 1220. The monoisotopic (exact) mass is 465 g/mol. The Morgan fingerprint density at radius 3 is 2.71 bits per heavy atom. The lowest BCUT2D eigenvalue weighted by Gasteiger charge is -2.14. The Balaban J connectivity index is 1.30. The molecule has 3 amide bonds. The van der Waals surface area contributed by atoms with Gasteiger partial charge in [-0.05, 0) is 36.8 Å². The van der Waals surface area contributed by atoms with E-state index >= 15 is 0 Å². The van der Waals surface area contributed by atoms with Crippen molar-refractivity contribution in [2.75, 3.05) is 19.5 Å². The SMILES string of the molecule is COc1ccc(-c2noc(CNC(=O)CC[C@@H]3NC(=O)c4ccccc4NC3=O)n2)cc1OC. The van der Waals surface area contributed by atoms with Gasteiger partial charge < -0.3 is 29.9 Å². The average molecular weight is 465 g/mol. The zero-order valence-electron chi connectivity index (χ0n) is 18.6. The number of nitrogens with one attached hydrogen (secondary N) is 3. The van der Waals surface area contributed by atoms with Crippen LogP contribution in [0.25, 0.3) is 11.4 Å². The van der Waals surface area contributed by atoms with E-state index in [1.807, 2.05) is 0 Å². The molecular formula is C23H23N5O6. The molecule has 34 heavy (non-hydrogen) atoms. The molecule has 2 aromatic carbocycles. The molecule has 0 aliphatic carbocycles. The van der Waals surface area contributed by atoms with E-state index in [4.69, 9.17) is 14.0 Å². The highest BCUT2D eigenvalue weighted by molar-refractivity contribution is 6.09. The maximum atomic E-state index is 12.4. The van der Waals surface area contributed by atoms with E-state index in [1.165, 1.54) is 7.11 Å². The van der Waals surface area contributed by atoms with Crippen LogP contribution in [0.2, 0.25) is 0 Å². The number of nitrogens with zero attached hydrogens (tertiary/aromatic N) is 2. The molecule has 1 aliphatic rings. The average Bonchev–Trinajstić information content (AvgIpc) is 3.29. The molecule has 11 nitrogen and oxygen atoms in total. The largest absolute Gasteiger partial charge is 0.493 e. The van der Waals surface area contributed by atoms with Gasteiger partial charge >= 0.3 is 0 Å². The highest BCUT2D eigenvalue weighted by Gasteiger charge is 2.27. The Labute approximate surface area is 194 Å². The number of fused-ring (bicyclic) bond motifs is 1. The third-order valence-corrected chi connectivity index (χ3v) is 5.26. The number of hydrogen-bond acceptors (Lipinski definition) is 8. The summed E-state index contributed by atoms with van der Waals surface area (Å²) in [5.41, 5.74) is 1.48. The third-order valence-electron chi connectivity index (χ3n) is 5.26. The summed E-state index contributed by atoms with van der Waals surface area (Å²) in [6.45, 7) is 0.0216. The molecule has 3 N–H and O–H groups in total. The maximum absolute atomic E-state index is 12.4. The first-order valence-corrected chi connectivity index (χ1v) is 10.5. The number of methoxy groups -OCH3 is 2. The minimum absolute atomic E-state index is 0.0192. The summed E-state index contributed by atoms with van der Waals surface area (Å²) in [6, 6.07) is 11.1. The quantitative estimate of drug-likeness (QED) is 0.457. The van der Waals surface area contributed by atoms with Crippen LogP contribution in [-0.4, -0.2) is 48.1 Å². The Hall–Kier alpha value is -4.41. The summed E-state index contributed by atoms with van der Waals surface area (Å²) in [5.74, 6) is 0.587. The number of anilines is 1. The van der Waals surface area contributed by atoms with Crippen molar-refractivity contribution in [3.63, 3.8) is 0 Å². The van der Waals surface area contributed by atoms with Crippen molar-refractivity contribution >= 4 is 23.4 Å². The van der Waals surface area contributed by atoms with E-state index in [0.29, 0.717) is 34.1 Å². The summed E-state index contributed by atoms with van der Waals surface area (Å²) in [4.78, 5) is 41.4. The lowest BCUT2D eigenvalue weighted by atomic mass is 10.1. The fourth-order valence-electron chi connectivity index (χ4n) is 3.47. The standard InChI is InChI=1S/C23H23N5O6/c1-32-17-9-7-13(11-18(17)33-2)21-27-20(34-28-21)12-24-19(29)10-8-16-23(31)25-15-6-4-3-5-14(15)22(30)26-16/h3-7,9,11,16H,8,10,12H2,1-2H3,(H,24,29)(H,25,31)(H,26,30)/t16-/m0/s1. The summed E-state index contributed by atoms with van der Waals surface area (Å²) >= 11 is 0. The zero-order valence-corrected chi connectivity index (χ0v) is 18.6. The van der Waals surface area contributed by atoms with Gasteiger partial charge in [0.25, 0.3) is 5.91 Å². The van der Waals surface area contributed by atoms with Crippen LogP contribution >= 0.6 is 0 Å². The molecule has 11 heteroatoms. The highest BCUT2D eigenvalue weighted by Crippen LogP contribution is 2.31. The lowest BCUT2D eigenvalue weighted by molar-refractivity contribution is -0.122. The second kappa shape index (κ2) is 10.0. The molecular weight excluding hydrogens is 442 g/mol. The maximum Gasteiger partial charge on any atom is 0.254 e. The molecule has 0 fully saturated rings. The van der Waals surface area contributed by atoms with Crippen LogP contribution in [0.1, 0.15) is 29.1 Å². The molecule has 0 saturated heterocycles. The summed E-state index contributed by atoms with van der Waals surface area (Å²) in [7, 11) is 3.07. The number of carbonyl (C=O) groups is 3. The van der Waals surface area contributed by atoms with Crippen LogP contribution in [-0.2, 0) is 16.1 Å². The van der Waals surface area contributed by atoms with E-state index < -0.39 is 6.04 Å². The molecule has 0 radical (unpaired) electrons. The predicted octanol–water partition coefficient (Wildman–Crippen LogP) is 1.90. The first kappa shape index (κ1) is 22.8. The fourth-order valence-corrected chi connectivity index (χ4v) is 3.47. The van der Waals surface area contributed by atoms with Gasteiger partial charge in [-0.3, -0.25) is 14.4 Å². The molecule has 1 atom stereocenters. The summed E-state index contributed by atoms with van der Waals surface area (Å²) in [5, 5.41) is 12.0. The Morgan fingerprint density at radius 1 is 1.12 bits per heavy atom. The Kier molecular flexibility index (Phi) is 6.72. The Morgan fingerprint density at radius 2 is 1.91 bits per heavy atom. The van der Waals surface area contributed by atoms with Gasteiger partial charge in [0.2, 0.25) is 23.5 Å². The smallest absolute Gasteiger partial charge is 0.254 e. The fraction of sp³-hybridized carbons (Fsp3) is 0.261. The van der Waals surface area contributed by atoms with Gasteiger partial charge in [-0.25, -0.2) is 0 Å². The molecule has 4 rings (SSSR count). The minimum Gasteiger partial charge on any atom is -0.493 e. The van der Waals surface area contributed by atoms with Crippen LogP contribution in [0.5, 0.6) is 11.5 Å². The first-order valence-electron chi connectivity index (χ1n) is 10.5. The van der Waals surface area contributed by atoms with Crippen molar-refractivity contribution in [1.82, 2.24) is 20.8 Å². The van der Waals surface area contributed by atoms with Crippen molar-refractivity contribution in [1.29, 1.82) is 0 Å². The first-order chi connectivity index (χ1) is 16.5. The summed E-state index contributed by atoms with van der Waals surface area (Å²) in [6.07, 6.45) is 0.156. The van der Waals surface area contributed by atoms with E-state index in [0.717, 1.165) is 0 Å². The zero-order chi connectivity index (χ0) is 24.1. The molecule has 1 aromatic heterocycles. The van der Waals surface area contributed by atoms with Crippen LogP contribution < -0.4 is 25.4 Å². The van der Waals surface area contributed by atoms with Crippen LogP contribution in [0.3, 0.4) is 0 Å². The predicted molar refractivity (Wildman–Crippen MR) is 120 cm³/mol. The topological polar surface area (TPSA) is 145 Å². The molecule has 3 aromatic rings. The van der Waals surface area contributed by atoms with E-state index in [-0.39, 0.29) is 43.0 Å². The molecule has 1 aliphatic heterocycles. The number of aromatic nitrogens is 2. The van der Waals surface area contributed by atoms with Gasteiger partial charge in [0.1, 0.15) is 6.04 Å². The van der Waals surface area contributed by atoms with Crippen LogP contribution in [0, 0.1) is 0 Å². The van der Waals surface area contributed by atoms with Crippen molar-refractivity contribution < 1.29 is 28.4 Å². The van der Waals surface area contributed by atoms with E-state index in [9.17, 15) is 14.4 Å². The number of ether oxygens (including phenoxy) is 2. The number of hydrogen-bond donors (Lipinski definition) is 3. The van der Waals surface area contributed by atoms with Crippen LogP contribution in [0.4, 0.5) is 5.69 Å². The molecule has 0 bridgehead atoms. The number of benzene rings is 2. The van der Waals surface area contributed by atoms with Crippen molar-refractivity contribution in [2.24, 2.45) is 0 Å². The highest BCUT2D eigenvalue weighted by atomic mass is 16.5. The number of amides is 3. The second-order valence-electron chi connectivity index (χ2n) is 7.46. The lowest BCUT2D eigenvalue weighted by Crippen LogP contribution is -2.42. The van der Waals surface area contributed by atoms with Crippen molar-refractivity contribution in [3.8, 4) is 22.9 Å². The van der Waals surface area contributed by atoms with Crippen molar-refractivity contribution in [2.45, 2.75) is 25.4 Å². The third kappa shape index (κ3) is 4.98. The van der Waals surface area contributed by atoms with Gasteiger partial charge in [0, 0.05) is 12.0 Å². The molecule has 0 saturated carbocycles. The van der Waals surface area contributed by atoms with Gasteiger partial charge in [-0.1, -0.05) is 17.3 Å². The summed E-state index contributed by atoms with van der Waals surface area (Å²) < 4.78 is 15.7. The normalized spacial score (nSPS) is 14.9. The molecule has 176 valence electrons.